The van der Waals surface area contributed by atoms with Crippen molar-refractivity contribution in [1.82, 2.24) is 0 Å². The fraction of sp³-hybridized carbons (Fsp3) is 0. The Morgan fingerprint density at radius 1 is 0.325 bits per heavy atom. The van der Waals surface area contributed by atoms with Gasteiger partial charge in [0.2, 0.25) is 0 Å². The second-order valence-electron chi connectivity index (χ2n) is 10.6. The smallest absolute Gasteiger partial charge is 0.0616 e. The summed E-state index contributed by atoms with van der Waals surface area (Å²) in [5, 5.41) is 13.3. The van der Waals surface area contributed by atoms with Gasteiger partial charge in [0.25, 0.3) is 0 Å². The molecule has 0 heteroatoms. The van der Waals surface area contributed by atoms with Gasteiger partial charge >= 0.3 is 0 Å². The zero-order valence-electron chi connectivity index (χ0n) is 25.5. The molecule has 184 valence electrons. The average Bonchev–Trinajstić information content (AvgIpc) is 3.06. The first-order valence-electron chi connectivity index (χ1n) is 15.6. The third kappa shape index (κ3) is 3.14. The van der Waals surface area contributed by atoms with Gasteiger partial charge in [0.15, 0.2) is 0 Å². The van der Waals surface area contributed by atoms with E-state index in [1.165, 1.54) is 16.2 Å². The Morgan fingerprint density at radius 3 is 1.85 bits per heavy atom. The Morgan fingerprint density at radius 2 is 0.975 bits per heavy atom. The third-order valence-corrected chi connectivity index (χ3v) is 8.41. The SMILES string of the molecule is [2H]c1c([2H])c(-c2ccc3ccc4cccc5ccc2c3c45)c([2H])c([2H])c1-c1ccc2cc3c(ccc4ccccc43)cc2c1. The van der Waals surface area contributed by atoms with Crippen molar-refractivity contribution in [3.05, 3.63) is 145 Å². The number of rotatable bonds is 2. The minimum atomic E-state index is -0.0298. The monoisotopic (exact) mass is 508 g/mol. The Hall–Kier alpha value is -5.20. The van der Waals surface area contributed by atoms with Crippen LogP contribution in [0, 0.1) is 0 Å². The minimum absolute atomic E-state index is 0.0267. The molecule has 0 radical (unpaired) electrons. The summed E-state index contributed by atoms with van der Waals surface area (Å²) in [7, 11) is 0. The molecule has 0 saturated carbocycles. The molecular formula is C40H24. The van der Waals surface area contributed by atoms with Crippen LogP contribution in [0.4, 0.5) is 0 Å². The molecule has 0 unspecified atom stereocenters. The number of fused-ring (bicyclic) bond motifs is 4. The summed E-state index contributed by atoms with van der Waals surface area (Å²) in [5.74, 6) is 0. The van der Waals surface area contributed by atoms with E-state index >= 15 is 0 Å². The number of benzene rings is 9. The van der Waals surface area contributed by atoms with Crippen molar-refractivity contribution in [2.45, 2.75) is 0 Å². The van der Waals surface area contributed by atoms with Crippen molar-refractivity contribution in [3.63, 3.8) is 0 Å². The van der Waals surface area contributed by atoms with Crippen molar-refractivity contribution in [2.75, 3.05) is 0 Å². The standard InChI is InChI=1S/C40H24/c1-2-7-35-26(4-1)12-17-33-23-34-22-31(15-16-32(34)24-38(33)35)25-8-10-27(11-9-25)36-20-18-30-14-13-28-5-3-6-29-19-21-37(36)40(30)39(28)29/h1-24H/i8D,9D,10D,11D. The lowest BCUT2D eigenvalue weighted by Crippen LogP contribution is -1.87. The molecule has 0 spiro atoms. The van der Waals surface area contributed by atoms with E-state index in [0.29, 0.717) is 16.7 Å². The Kier molecular flexibility index (Phi) is 3.70. The van der Waals surface area contributed by atoms with Gasteiger partial charge in [0.1, 0.15) is 0 Å². The molecule has 0 heterocycles. The second kappa shape index (κ2) is 8.15. The van der Waals surface area contributed by atoms with Crippen molar-refractivity contribution in [3.8, 4) is 22.3 Å². The fourth-order valence-corrected chi connectivity index (χ4v) is 6.45. The molecule has 0 nitrogen and oxygen atoms in total. The highest BCUT2D eigenvalue weighted by Gasteiger charge is 2.12. The summed E-state index contributed by atoms with van der Waals surface area (Å²) >= 11 is 0. The van der Waals surface area contributed by atoms with Gasteiger partial charge in [-0.2, -0.15) is 0 Å². The molecule has 0 fully saturated rings. The fourth-order valence-electron chi connectivity index (χ4n) is 6.45. The number of hydrogen-bond acceptors (Lipinski definition) is 0. The van der Waals surface area contributed by atoms with Crippen LogP contribution in [0.3, 0.4) is 0 Å². The quantitative estimate of drug-likeness (QED) is 0.161. The van der Waals surface area contributed by atoms with Gasteiger partial charge < -0.3 is 0 Å². The first-order valence-corrected chi connectivity index (χ1v) is 13.6. The second-order valence-corrected chi connectivity index (χ2v) is 10.6. The molecule has 0 bridgehead atoms. The van der Waals surface area contributed by atoms with Gasteiger partial charge in [-0.1, -0.05) is 127 Å². The molecule has 40 heavy (non-hydrogen) atoms. The highest BCUT2D eigenvalue weighted by atomic mass is 14.2. The molecule has 0 saturated heterocycles. The Balaban J connectivity index is 1.25. The van der Waals surface area contributed by atoms with Crippen molar-refractivity contribution in [2.24, 2.45) is 0 Å². The van der Waals surface area contributed by atoms with E-state index in [1.807, 2.05) is 30.3 Å². The molecular weight excluding hydrogens is 480 g/mol. The van der Waals surface area contributed by atoms with Gasteiger partial charge in [-0.05, 0) is 105 Å². The van der Waals surface area contributed by atoms with Crippen molar-refractivity contribution < 1.29 is 5.48 Å². The molecule has 9 aromatic rings. The first-order chi connectivity index (χ1) is 21.5. The van der Waals surface area contributed by atoms with Crippen LogP contribution in [0.1, 0.15) is 5.48 Å². The lowest BCUT2D eigenvalue weighted by molar-refractivity contribution is 1.63. The van der Waals surface area contributed by atoms with E-state index in [1.54, 1.807) is 0 Å². The van der Waals surface area contributed by atoms with Crippen LogP contribution >= 0.6 is 0 Å². The molecule has 0 amide bonds. The summed E-state index contributed by atoms with van der Waals surface area (Å²) in [6.45, 7) is 0. The molecule has 0 aliphatic rings. The average molecular weight is 509 g/mol. The van der Waals surface area contributed by atoms with E-state index in [2.05, 4.69) is 91.0 Å². The summed E-state index contributed by atoms with van der Waals surface area (Å²) in [6.07, 6.45) is 0. The molecule has 0 aromatic heterocycles. The zero-order chi connectivity index (χ0) is 29.7. The summed E-state index contributed by atoms with van der Waals surface area (Å²) < 4.78 is 36.5. The predicted molar refractivity (Wildman–Crippen MR) is 174 cm³/mol. The van der Waals surface area contributed by atoms with Crippen molar-refractivity contribution in [1.29, 1.82) is 0 Å². The lowest BCUT2D eigenvalue weighted by Gasteiger charge is -2.14. The molecule has 0 atom stereocenters. The summed E-state index contributed by atoms with van der Waals surface area (Å²) in [6, 6.07) is 41.4. The van der Waals surface area contributed by atoms with Gasteiger partial charge in [-0.25, -0.2) is 0 Å². The normalized spacial score (nSPS) is 13.4. The zero-order valence-corrected chi connectivity index (χ0v) is 21.5. The number of hydrogen-bond donors (Lipinski definition) is 0. The maximum Gasteiger partial charge on any atom is 0.0629 e. The first kappa shape index (κ1) is 18.2. The van der Waals surface area contributed by atoms with E-state index in [4.69, 9.17) is 5.48 Å². The largest absolute Gasteiger partial charge is 0.0629 e. The summed E-state index contributed by atoms with van der Waals surface area (Å²) in [5.41, 5.74) is 2.05. The highest BCUT2D eigenvalue weighted by molar-refractivity contribution is 6.25. The van der Waals surface area contributed by atoms with E-state index in [9.17, 15) is 0 Å². The van der Waals surface area contributed by atoms with Crippen LogP contribution in [0.15, 0.2) is 145 Å². The van der Waals surface area contributed by atoms with Crippen LogP contribution in [-0.4, -0.2) is 0 Å². The molecule has 9 aromatic carbocycles. The Labute approximate surface area is 237 Å². The topological polar surface area (TPSA) is 0 Å². The van der Waals surface area contributed by atoms with Gasteiger partial charge in [-0.15, -0.1) is 0 Å². The van der Waals surface area contributed by atoms with Gasteiger partial charge in [-0.3, -0.25) is 0 Å². The lowest BCUT2D eigenvalue weighted by atomic mass is 9.89. The maximum absolute atomic E-state index is 9.15. The summed E-state index contributed by atoms with van der Waals surface area (Å²) in [4.78, 5) is 0. The van der Waals surface area contributed by atoms with Gasteiger partial charge in [0.05, 0.1) is 5.48 Å². The van der Waals surface area contributed by atoms with Crippen LogP contribution in [0.2, 0.25) is 0 Å². The van der Waals surface area contributed by atoms with Gasteiger partial charge in [0, 0.05) is 0 Å². The van der Waals surface area contributed by atoms with Crippen LogP contribution in [0.25, 0.3) is 86.9 Å². The van der Waals surface area contributed by atoms with E-state index in [-0.39, 0.29) is 24.2 Å². The minimum Gasteiger partial charge on any atom is -0.0616 e. The van der Waals surface area contributed by atoms with Crippen molar-refractivity contribution >= 4 is 64.6 Å². The molecule has 9 rings (SSSR count). The predicted octanol–water partition coefficient (Wildman–Crippen LogP) is 11.4. The van der Waals surface area contributed by atoms with E-state index in [0.717, 1.165) is 54.0 Å². The maximum atomic E-state index is 9.15. The molecule has 0 N–H and O–H groups in total. The highest BCUT2D eigenvalue weighted by Crippen LogP contribution is 2.40. The molecule has 0 aliphatic heterocycles. The Bertz CT molecular complexity index is 2610. The third-order valence-electron chi connectivity index (χ3n) is 8.41. The van der Waals surface area contributed by atoms with Crippen LogP contribution in [-0.2, 0) is 0 Å². The van der Waals surface area contributed by atoms with Crippen LogP contribution in [0.5, 0.6) is 0 Å². The van der Waals surface area contributed by atoms with Crippen LogP contribution < -0.4 is 0 Å². The van der Waals surface area contributed by atoms with E-state index < -0.39 is 0 Å². The molecule has 0 aliphatic carbocycles.